The highest BCUT2D eigenvalue weighted by Gasteiger charge is 2.08. The highest BCUT2D eigenvalue weighted by atomic mass is 79.9. The van der Waals surface area contributed by atoms with Crippen LogP contribution in [0.3, 0.4) is 0 Å². The van der Waals surface area contributed by atoms with E-state index >= 15 is 0 Å². The summed E-state index contributed by atoms with van der Waals surface area (Å²) in [6.45, 7) is 3.71. The Kier molecular flexibility index (Phi) is 4.37. The SMILES string of the molecule is Cc1cnc(Sc2ccc(C(C)O)c(Br)c2)nc1. The Morgan fingerprint density at radius 1 is 1.28 bits per heavy atom. The standard InChI is InChI=1S/C13H13BrN2OS/c1-8-6-15-13(16-7-8)18-10-3-4-11(9(2)17)12(14)5-10/h3-7,9,17H,1-2H3. The van der Waals surface area contributed by atoms with Crippen molar-refractivity contribution in [3.05, 3.63) is 46.2 Å². The lowest BCUT2D eigenvalue weighted by atomic mass is 10.1. The van der Waals surface area contributed by atoms with E-state index < -0.39 is 6.10 Å². The van der Waals surface area contributed by atoms with Crippen molar-refractivity contribution in [3.63, 3.8) is 0 Å². The molecule has 1 aromatic heterocycles. The van der Waals surface area contributed by atoms with E-state index in [-0.39, 0.29) is 0 Å². The van der Waals surface area contributed by atoms with Crippen LogP contribution < -0.4 is 0 Å². The summed E-state index contributed by atoms with van der Waals surface area (Å²) in [7, 11) is 0. The summed E-state index contributed by atoms with van der Waals surface area (Å²) < 4.78 is 0.898. The molecule has 0 spiro atoms. The van der Waals surface area contributed by atoms with E-state index in [1.165, 1.54) is 11.8 Å². The van der Waals surface area contributed by atoms with Crippen LogP contribution in [0.2, 0.25) is 0 Å². The normalized spacial score (nSPS) is 12.4. The summed E-state index contributed by atoms with van der Waals surface area (Å²) in [6, 6.07) is 5.84. The second-order valence-corrected chi connectivity index (χ2v) is 5.90. The van der Waals surface area contributed by atoms with Gasteiger partial charge in [0.2, 0.25) is 0 Å². The minimum absolute atomic E-state index is 0.478. The van der Waals surface area contributed by atoms with Gasteiger partial charge in [0.05, 0.1) is 6.10 Å². The van der Waals surface area contributed by atoms with Gasteiger partial charge in [-0.15, -0.1) is 0 Å². The molecule has 1 unspecified atom stereocenters. The van der Waals surface area contributed by atoms with Gasteiger partial charge in [0.25, 0.3) is 0 Å². The molecule has 1 N–H and O–H groups in total. The first kappa shape index (κ1) is 13.5. The number of hydrogen-bond donors (Lipinski definition) is 1. The van der Waals surface area contributed by atoms with Crippen LogP contribution in [0.1, 0.15) is 24.2 Å². The third kappa shape index (κ3) is 3.31. The molecule has 0 bridgehead atoms. The lowest BCUT2D eigenvalue weighted by Crippen LogP contribution is -1.92. The monoisotopic (exact) mass is 324 g/mol. The zero-order valence-electron chi connectivity index (χ0n) is 10.1. The number of rotatable bonds is 3. The van der Waals surface area contributed by atoms with E-state index in [0.29, 0.717) is 0 Å². The maximum atomic E-state index is 9.55. The van der Waals surface area contributed by atoms with Crippen LogP contribution in [0.5, 0.6) is 0 Å². The molecule has 0 radical (unpaired) electrons. The minimum Gasteiger partial charge on any atom is -0.389 e. The quantitative estimate of drug-likeness (QED) is 0.873. The molecule has 1 aromatic carbocycles. The Labute approximate surface area is 119 Å². The predicted molar refractivity (Wildman–Crippen MR) is 75.7 cm³/mol. The molecule has 0 saturated heterocycles. The third-order valence-corrected chi connectivity index (χ3v) is 3.96. The van der Waals surface area contributed by atoms with Crippen LogP contribution in [0.4, 0.5) is 0 Å². The van der Waals surface area contributed by atoms with E-state index in [4.69, 9.17) is 0 Å². The Bertz CT molecular complexity index is 543. The van der Waals surface area contributed by atoms with Gasteiger partial charge < -0.3 is 5.11 Å². The number of benzene rings is 1. The topological polar surface area (TPSA) is 46.0 Å². The lowest BCUT2D eigenvalue weighted by Gasteiger charge is -2.09. The molecule has 1 heterocycles. The summed E-state index contributed by atoms with van der Waals surface area (Å²) in [6.07, 6.45) is 3.12. The van der Waals surface area contributed by atoms with Gasteiger partial charge in [-0.3, -0.25) is 0 Å². The molecule has 2 aromatic rings. The molecule has 0 amide bonds. The van der Waals surface area contributed by atoms with Crippen molar-refractivity contribution in [2.24, 2.45) is 0 Å². The zero-order chi connectivity index (χ0) is 13.1. The second kappa shape index (κ2) is 5.82. The molecule has 0 aliphatic heterocycles. The van der Waals surface area contributed by atoms with Crippen LogP contribution in [-0.2, 0) is 0 Å². The Hall–Kier alpha value is -0.910. The molecule has 1 atom stereocenters. The molecule has 0 aliphatic carbocycles. The van der Waals surface area contributed by atoms with Crippen molar-refractivity contribution >= 4 is 27.7 Å². The molecule has 18 heavy (non-hydrogen) atoms. The van der Waals surface area contributed by atoms with E-state index in [9.17, 15) is 5.11 Å². The van der Waals surface area contributed by atoms with Gasteiger partial charge in [-0.2, -0.15) is 0 Å². The maximum Gasteiger partial charge on any atom is 0.192 e. The van der Waals surface area contributed by atoms with Crippen molar-refractivity contribution in [1.82, 2.24) is 9.97 Å². The van der Waals surface area contributed by atoms with Gasteiger partial charge in [0, 0.05) is 21.8 Å². The van der Waals surface area contributed by atoms with E-state index in [1.54, 1.807) is 19.3 Å². The number of aryl methyl sites for hydroxylation is 1. The fraction of sp³-hybridized carbons (Fsp3) is 0.231. The first-order valence-corrected chi connectivity index (χ1v) is 7.11. The van der Waals surface area contributed by atoms with Crippen molar-refractivity contribution in [1.29, 1.82) is 0 Å². The smallest absolute Gasteiger partial charge is 0.192 e. The number of aromatic nitrogens is 2. The first-order valence-electron chi connectivity index (χ1n) is 5.50. The van der Waals surface area contributed by atoms with Crippen LogP contribution in [-0.4, -0.2) is 15.1 Å². The molecule has 3 nitrogen and oxygen atoms in total. The average Bonchev–Trinajstić information content (AvgIpc) is 2.32. The number of nitrogens with zero attached hydrogens (tertiary/aromatic N) is 2. The fourth-order valence-corrected chi connectivity index (χ4v) is 3.05. The minimum atomic E-state index is -0.478. The Morgan fingerprint density at radius 2 is 1.94 bits per heavy atom. The first-order chi connectivity index (χ1) is 8.56. The fourth-order valence-electron chi connectivity index (χ4n) is 1.45. The predicted octanol–water partition coefficient (Wildman–Crippen LogP) is 3.75. The van der Waals surface area contributed by atoms with Gasteiger partial charge in [0.1, 0.15) is 0 Å². The van der Waals surface area contributed by atoms with Crippen LogP contribution >= 0.6 is 27.7 Å². The van der Waals surface area contributed by atoms with Gasteiger partial charge in [0.15, 0.2) is 5.16 Å². The Morgan fingerprint density at radius 3 is 2.50 bits per heavy atom. The summed E-state index contributed by atoms with van der Waals surface area (Å²) in [5, 5.41) is 10.3. The third-order valence-electron chi connectivity index (χ3n) is 2.39. The second-order valence-electron chi connectivity index (χ2n) is 4.00. The highest BCUT2D eigenvalue weighted by Crippen LogP contribution is 2.31. The van der Waals surface area contributed by atoms with Crippen molar-refractivity contribution in [2.45, 2.75) is 30.0 Å². The average molecular weight is 325 g/mol. The summed E-state index contributed by atoms with van der Waals surface area (Å²) in [5.74, 6) is 0. The van der Waals surface area contributed by atoms with Crippen molar-refractivity contribution in [3.8, 4) is 0 Å². The highest BCUT2D eigenvalue weighted by molar-refractivity contribution is 9.10. The Balaban J connectivity index is 2.20. The zero-order valence-corrected chi connectivity index (χ0v) is 12.5. The summed E-state index contributed by atoms with van der Waals surface area (Å²) >= 11 is 4.96. The molecule has 0 saturated carbocycles. The van der Waals surface area contributed by atoms with Gasteiger partial charge in [-0.05, 0) is 48.9 Å². The number of hydrogen-bond acceptors (Lipinski definition) is 4. The molecule has 0 aliphatic rings. The molecule has 0 fully saturated rings. The van der Waals surface area contributed by atoms with Gasteiger partial charge >= 0.3 is 0 Å². The van der Waals surface area contributed by atoms with Gasteiger partial charge in [-0.25, -0.2) is 9.97 Å². The lowest BCUT2D eigenvalue weighted by molar-refractivity contribution is 0.198. The van der Waals surface area contributed by atoms with Crippen LogP contribution in [0.15, 0.2) is 45.1 Å². The number of aliphatic hydroxyl groups is 1. The largest absolute Gasteiger partial charge is 0.389 e. The molecular weight excluding hydrogens is 312 g/mol. The molecular formula is C13H13BrN2OS. The number of aliphatic hydroxyl groups excluding tert-OH is 1. The molecule has 2 rings (SSSR count). The van der Waals surface area contributed by atoms with Gasteiger partial charge in [-0.1, -0.05) is 22.0 Å². The number of halogens is 1. The van der Waals surface area contributed by atoms with Crippen molar-refractivity contribution < 1.29 is 5.11 Å². The van der Waals surface area contributed by atoms with Crippen molar-refractivity contribution in [2.75, 3.05) is 0 Å². The van der Waals surface area contributed by atoms with E-state index in [2.05, 4.69) is 25.9 Å². The van der Waals surface area contributed by atoms with Crippen LogP contribution in [0.25, 0.3) is 0 Å². The molecule has 94 valence electrons. The summed E-state index contributed by atoms with van der Waals surface area (Å²) in [4.78, 5) is 9.53. The summed E-state index contributed by atoms with van der Waals surface area (Å²) in [5.41, 5.74) is 1.93. The molecule has 5 heteroatoms. The van der Waals surface area contributed by atoms with E-state index in [0.717, 1.165) is 25.7 Å². The maximum absolute atomic E-state index is 9.55. The van der Waals surface area contributed by atoms with E-state index in [1.807, 2.05) is 25.1 Å². The van der Waals surface area contributed by atoms with Crippen LogP contribution in [0, 0.1) is 6.92 Å².